The summed E-state index contributed by atoms with van der Waals surface area (Å²) in [7, 11) is 1.64. The molecule has 1 atom stereocenters. The van der Waals surface area contributed by atoms with Crippen molar-refractivity contribution < 1.29 is 9.26 Å². The Labute approximate surface area is 118 Å². The third kappa shape index (κ3) is 3.03. The Kier molecular flexibility index (Phi) is 4.85. The average Bonchev–Trinajstić information content (AvgIpc) is 2.95. The van der Waals surface area contributed by atoms with Crippen LogP contribution in [0.2, 0.25) is 0 Å². The Bertz CT molecular complexity index is 601. The van der Waals surface area contributed by atoms with Crippen molar-refractivity contribution in [3.63, 3.8) is 0 Å². The van der Waals surface area contributed by atoms with Crippen molar-refractivity contribution in [1.82, 2.24) is 10.1 Å². The molecular formula is C15H17N3O2. The van der Waals surface area contributed by atoms with Gasteiger partial charge in [0.1, 0.15) is 6.10 Å². The monoisotopic (exact) mass is 271 g/mol. The molecule has 0 radical (unpaired) electrons. The van der Waals surface area contributed by atoms with E-state index in [1.807, 2.05) is 24.3 Å². The summed E-state index contributed by atoms with van der Waals surface area (Å²) < 4.78 is 10.7. The average molecular weight is 271 g/mol. The van der Waals surface area contributed by atoms with Crippen molar-refractivity contribution in [3.05, 3.63) is 35.7 Å². The summed E-state index contributed by atoms with van der Waals surface area (Å²) >= 11 is 0. The van der Waals surface area contributed by atoms with Gasteiger partial charge in [0.25, 0.3) is 5.89 Å². The van der Waals surface area contributed by atoms with E-state index in [0.29, 0.717) is 18.1 Å². The summed E-state index contributed by atoms with van der Waals surface area (Å²) in [4.78, 5) is 4.40. The highest BCUT2D eigenvalue weighted by molar-refractivity contribution is 5.59. The lowest BCUT2D eigenvalue weighted by Crippen LogP contribution is -2.03. The second kappa shape index (κ2) is 6.83. The van der Waals surface area contributed by atoms with Gasteiger partial charge in [0.15, 0.2) is 0 Å². The van der Waals surface area contributed by atoms with Gasteiger partial charge in [-0.3, -0.25) is 0 Å². The molecule has 0 aliphatic heterocycles. The molecular weight excluding hydrogens is 254 g/mol. The Morgan fingerprint density at radius 3 is 2.90 bits per heavy atom. The molecule has 104 valence electrons. The molecule has 1 unspecified atom stereocenters. The van der Waals surface area contributed by atoms with E-state index in [1.54, 1.807) is 7.11 Å². The molecule has 0 bridgehead atoms. The van der Waals surface area contributed by atoms with Crippen molar-refractivity contribution in [2.45, 2.75) is 32.3 Å². The Balaban J connectivity index is 2.31. The minimum Gasteiger partial charge on any atom is -0.373 e. The fraction of sp³-hybridized carbons (Fsp3) is 0.400. The number of rotatable bonds is 6. The molecule has 0 aliphatic carbocycles. The van der Waals surface area contributed by atoms with Gasteiger partial charge in [-0.1, -0.05) is 36.7 Å². The van der Waals surface area contributed by atoms with Crippen LogP contribution in [-0.2, 0) is 11.2 Å². The molecule has 1 aromatic carbocycles. The molecule has 2 aromatic rings. The van der Waals surface area contributed by atoms with Crippen LogP contribution in [-0.4, -0.2) is 17.3 Å². The molecule has 0 aliphatic rings. The molecule has 2 rings (SSSR count). The van der Waals surface area contributed by atoms with Gasteiger partial charge in [-0.2, -0.15) is 10.2 Å². The summed E-state index contributed by atoms with van der Waals surface area (Å²) in [5.41, 5.74) is 1.69. The summed E-state index contributed by atoms with van der Waals surface area (Å²) in [6.07, 6.45) is 1.99. The molecule has 0 fully saturated rings. The lowest BCUT2D eigenvalue weighted by molar-refractivity contribution is 0.0854. The Hall–Kier alpha value is -2.19. The van der Waals surface area contributed by atoms with Gasteiger partial charge < -0.3 is 9.26 Å². The van der Waals surface area contributed by atoms with Crippen molar-refractivity contribution in [3.8, 4) is 17.5 Å². The maximum atomic E-state index is 8.86. The Morgan fingerprint density at radius 1 is 1.40 bits per heavy atom. The fourth-order valence-electron chi connectivity index (χ4n) is 2.06. The third-order valence-electron chi connectivity index (χ3n) is 3.08. The first kappa shape index (κ1) is 14.2. The van der Waals surface area contributed by atoms with Crippen LogP contribution in [0.1, 0.15) is 37.3 Å². The number of nitrogens with zero attached hydrogens (tertiary/aromatic N) is 3. The largest absolute Gasteiger partial charge is 0.373 e. The van der Waals surface area contributed by atoms with Gasteiger partial charge in [0.2, 0.25) is 5.82 Å². The lowest BCUT2D eigenvalue weighted by atomic mass is 10.1. The first-order valence-electron chi connectivity index (χ1n) is 6.61. The highest BCUT2D eigenvalue weighted by atomic mass is 16.5. The van der Waals surface area contributed by atoms with Crippen molar-refractivity contribution in [1.29, 1.82) is 5.26 Å². The number of hydrogen-bond acceptors (Lipinski definition) is 5. The predicted octanol–water partition coefficient (Wildman–Crippen LogP) is 3.29. The first-order chi connectivity index (χ1) is 9.80. The van der Waals surface area contributed by atoms with Crippen LogP contribution in [0.5, 0.6) is 0 Å². The molecule has 0 N–H and O–H groups in total. The maximum Gasteiger partial charge on any atom is 0.258 e. The molecule has 0 spiro atoms. The van der Waals surface area contributed by atoms with Gasteiger partial charge in [-0.05, 0) is 18.1 Å². The second-order valence-corrected chi connectivity index (χ2v) is 4.46. The molecule has 5 heteroatoms. The zero-order valence-electron chi connectivity index (χ0n) is 11.7. The van der Waals surface area contributed by atoms with Gasteiger partial charge in [0, 0.05) is 12.7 Å². The molecule has 0 amide bonds. The highest BCUT2D eigenvalue weighted by Gasteiger charge is 2.19. The number of hydrogen-bond donors (Lipinski definition) is 0. The summed E-state index contributed by atoms with van der Waals surface area (Å²) in [6, 6.07) is 9.69. The van der Waals surface area contributed by atoms with Gasteiger partial charge in [0.05, 0.1) is 12.5 Å². The van der Waals surface area contributed by atoms with Crippen LogP contribution in [0.25, 0.3) is 11.5 Å². The van der Waals surface area contributed by atoms with Crippen molar-refractivity contribution >= 4 is 0 Å². The predicted molar refractivity (Wildman–Crippen MR) is 73.7 cm³/mol. The van der Waals surface area contributed by atoms with Crippen LogP contribution >= 0.6 is 0 Å². The van der Waals surface area contributed by atoms with Gasteiger partial charge in [-0.25, -0.2) is 0 Å². The van der Waals surface area contributed by atoms with E-state index in [-0.39, 0.29) is 6.10 Å². The summed E-state index contributed by atoms with van der Waals surface area (Å²) in [6.45, 7) is 2.08. The van der Waals surface area contributed by atoms with E-state index in [4.69, 9.17) is 14.5 Å². The van der Waals surface area contributed by atoms with E-state index in [9.17, 15) is 0 Å². The number of nitriles is 1. The van der Waals surface area contributed by atoms with E-state index in [2.05, 4.69) is 23.1 Å². The molecule has 20 heavy (non-hydrogen) atoms. The minimum atomic E-state index is -0.152. The van der Waals surface area contributed by atoms with Crippen LogP contribution in [0.3, 0.4) is 0 Å². The van der Waals surface area contributed by atoms with E-state index in [0.717, 1.165) is 24.0 Å². The van der Waals surface area contributed by atoms with E-state index < -0.39 is 0 Å². The second-order valence-electron chi connectivity index (χ2n) is 4.46. The van der Waals surface area contributed by atoms with Crippen LogP contribution in [0, 0.1) is 11.3 Å². The molecule has 0 saturated carbocycles. The van der Waals surface area contributed by atoms with Crippen molar-refractivity contribution in [2.24, 2.45) is 0 Å². The standard InChI is InChI=1S/C15H17N3O2/c1-3-6-13(19-2)14-17-15(20-18-14)12-8-5-4-7-11(12)9-10-16/h4-5,7-8,13H,3,6,9H2,1-2H3. The zero-order valence-corrected chi connectivity index (χ0v) is 11.7. The topological polar surface area (TPSA) is 71.9 Å². The fourth-order valence-corrected chi connectivity index (χ4v) is 2.06. The highest BCUT2D eigenvalue weighted by Crippen LogP contribution is 2.26. The van der Waals surface area contributed by atoms with Crippen LogP contribution in [0.15, 0.2) is 28.8 Å². The molecule has 5 nitrogen and oxygen atoms in total. The molecule has 1 heterocycles. The minimum absolute atomic E-state index is 0.152. The van der Waals surface area contributed by atoms with Gasteiger partial charge >= 0.3 is 0 Å². The first-order valence-corrected chi connectivity index (χ1v) is 6.61. The normalized spacial score (nSPS) is 12.1. The number of methoxy groups -OCH3 is 1. The SMILES string of the molecule is CCCC(OC)c1noc(-c2ccccc2CC#N)n1. The number of aromatic nitrogens is 2. The van der Waals surface area contributed by atoms with Gasteiger partial charge in [-0.15, -0.1) is 0 Å². The quantitative estimate of drug-likeness (QED) is 0.806. The summed E-state index contributed by atoms with van der Waals surface area (Å²) in [5, 5.41) is 12.8. The van der Waals surface area contributed by atoms with Crippen LogP contribution < -0.4 is 0 Å². The zero-order chi connectivity index (χ0) is 14.4. The molecule has 0 saturated heterocycles. The lowest BCUT2D eigenvalue weighted by Gasteiger charge is -2.08. The Morgan fingerprint density at radius 2 is 2.20 bits per heavy atom. The maximum absolute atomic E-state index is 8.86. The van der Waals surface area contributed by atoms with Crippen molar-refractivity contribution in [2.75, 3.05) is 7.11 Å². The number of benzene rings is 1. The molecule has 1 aromatic heterocycles. The number of ether oxygens (including phenoxy) is 1. The van der Waals surface area contributed by atoms with Crippen LogP contribution in [0.4, 0.5) is 0 Å². The van der Waals surface area contributed by atoms with E-state index in [1.165, 1.54) is 0 Å². The third-order valence-corrected chi connectivity index (χ3v) is 3.08. The smallest absolute Gasteiger partial charge is 0.258 e. The van der Waals surface area contributed by atoms with E-state index >= 15 is 0 Å². The summed E-state index contributed by atoms with van der Waals surface area (Å²) in [5.74, 6) is 0.986.